The molecule has 1 unspecified atom stereocenters. The standard InChI is InChI=1S/C11H14Cl2N2O/c1-7(14)6-15-11(16)5-8-2-3-9(12)10(13)4-8/h2-4,7H,5-6,14H2,1H3,(H,15,16). The summed E-state index contributed by atoms with van der Waals surface area (Å²) in [5.74, 6) is -0.0734. The molecule has 5 heteroatoms. The quantitative estimate of drug-likeness (QED) is 0.870. The smallest absolute Gasteiger partial charge is 0.224 e. The maximum absolute atomic E-state index is 11.5. The minimum absolute atomic E-state index is 0.0437. The van der Waals surface area contributed by atoms with Crippen molar-refractivity contribution in [3.8, 4) is 0 Å². The van der Waals surface area contributed by atoms with Crippen LogP contribution in [0.15, 0.2) is 18.2 Å². The zero-order chi connectivity index (χ0) is 12.1. The van der Waals surface area contributed by atoms with E-state index >= 15 is 0 Å². The highest BCUT2D eigenvalue weighted by atomic mass is 35.5. The summed E-state index contributed by atoms with van der Waals surface area (Å²) in [6.45, 7) is 2.31. The number of rotatable bonds is 4. The summed E-state index contributed by atoms with van der Waals surface area (Å²) in [5, 5.41) is 3.67. The van der Waals surface area contributed by atoms with Crippen molar-refractivity contribution in [3.63, 3.8) is 0 Å². The zero-order valence-electron chi connectivity index (χ0n) is 8.97. The first-order chi connectivity index (χ1) is 7.49. The molecule has 1 amide bonds. The van der Waals surface area contributed by atoms with Crippen LogP contribution in [0, 0.1) is 0 Å². The Hall–Kier alpha value is -0.770. The lowest BCUT2D eigenvalue weighted by Gasteiger charge is -2.08. The molecule has 0 radical (unpaired) electrons. The van der Waals surface area contributed by atoms with Gasteiger partial charge in [0.05, 0.1) is 16.5 Å². The fourth-order valence-corrected chi connectivity index (χ4v) is 1.49. The molecule has 3 nitrogen and oxygen atoms in total. The van der Waals surface area contributed by atoms with Crippen LogP contribution in [0.1, 0.15) is 12.5 Å². The Labute approximate surface area is 105 Å². The van der Waals surface area contributed by atoms with Crippen molar-refractivity contribution in [2.45, 2.75) is 19.4 Å². The van der Waals surface area contributed by atoms with E-state index in [4.69, 9.17) is 28.9 Å². The van der Waals surface area contributed by atoms with E-state index in [9.17, 15) is 4.79 Å². The minimum Gasteiger partial charge on any atom is -0.354 e. The summed E-state index contributed by atoms with van der Waals surface area (Å²) in [6.07, 6.45) is 0.281. The molecule has 0 heterocycles. The molecule has 0 bridgehead atoms. The number of halogens is 2. The number of nitrogens with one attached hydrogen (secondary N) is 1. The van der Waals surface area contributed by atoms with Crippen molar-refractivity contribution >= 4 is 29.1 Å². The molecule has 88 valence electrons. The Bertz CT molecular complexity index is 380. The predicted octanol–water partition coefficient (Wildman–Crippen LogP) is 2.00. The van der Waals surface area contributed by atoms with Crippen LogP contribution in [-0.4, -0.2) is 18.5 Å². The summed E-state index contributed by atoms with van der Waals surface area (Å²) in [7, 11) is 0. The molecule has 1 aromatic carbocycles. The number of benzene rings is 1. The van der Waals surface area contributed by atoms with Crippen LogP contribution in [0.25, 0.3) is 0 Å². The summed E-state index contributed by atoms with van der Waals surface area (Å²) >= 11 is 11.6. The second-order valence-corrected chi connectivity index (χ2v) is 4.52. The summed E-state index contributed by atoms with van der Waals surface area (Å²) in [6, 6.07) is 5.10. The average Bonchev–Trinajstić information content (AvgIpc) is 2.21. The predicted molar refractivity (Wildman–Crippen MR) is 66.8 cm³/mol. The summed E-state index contributed by atoms with van der Waals surface area (Å²) < 4.78 is 0. The number of hydrogen-bond donors (Lipinski definition) is 2. The Morgan fingerprint density at radius 1 is 1.44 bits per heavy atom. The molecule has 0 aliphatic rings. The highest BCUT2D eigenvalue weighted by Crippen LogP contribution is 2.22. The first-order valence-corrected chi connectivity index (χ1v) is 5.71. The number of nitrogens with two attached hydrogens (primary N) is 1. The lowest BCUT2D eigenvalue weighted by atomic mass is 10.1. The van der Waals surface area contributed by atoms with Crippen molar-refractivity contribution in [2.75, 3.05) is 6.54 Å². The Morgan fingerprint density at radius 3 is 2.69 bits per heavy atom. The molecule has 1 rings (SSSR count). The van der Waals surface area contributed by atoms with Crippen molar-refractivity contribution in [1.29, 1.82) is 0 Å². The molecule has 16 heavy (non-hydrogen) atoms. The van der Waals surface area contributed by atoms with E-state index in [1.165, 1.54) is 0 Å². The molecular formula is C11H14Cl2N2O. The van der Waals surface area contributed by atoms with E-state index < -0.39 is 0 Å². The van der Waals surface area contributed by atoms with Crippen LogP contribution in [0.5, 0.6) is 0 Å². The van der Waals surface area contributed by atoms with E-state index in [1.54, 1.807) is 18.2 Å². The van der Waals surface area contributed by atoms with Gasteiger partial charge in [0.1, 0.15) is 0 Å². The fourth-order valence-electron chi connectivity index (χ4n) is 1.17. The molecular weight excluding hydrogens is 247 g/mol. The lowest BCUT2D eigenvalue weighted by Crippen LogP contribution is -2.35. The highest BCUT2D eigenvalue weighted by Gasteiger charge is 2.05. The topological polar surface area (TPSA) is 55.1 Å². The Kier molecular flexibility index (Phi) is 5.06. The van der Waals surface area contributed by atoms with Crippen molar-refractivity contribution in [1.82, 2.24) is 5.32 Å². The molecule has 0 aromatic heterocycles. The van der Waals surface area contributed by atoms with Gasteiger partial charge in [-0.1, -0.05) is 29.3 Å². The molecule has 0 aliphatic carbocycles. The first kappa shape index (κ1) is 13.3. The van der Waals surface area contributed by atoms with Gasteiger partial charge in [-0.15, -0.1) is 0 Å². The van der Waals surface area contributed by atoms with E-state index in [0.717, 1.165) is 5.56 Å². The van der Waals surface area contributed by atoms with E-state index in [0.29, 0.717) is 16.6 Å². The summed E-state index contributed by atoms with van der Waals surface area (Å²) in [4.78, 5) is 11.5. The first-order valence-electron chi connectivity index (χ1n) is 4.95. The largest absolute Gasteiger partial charge is 0.354 e. The second kappa shape index (κ2) is 6.09. The minimum atomic E-state index is -0.0734. The van der Waals surface area contributed by atoms with Crippen molar-refractivity contribution < 1.29 is 4.79 Å². The van der Waals surface area contributed by atoms with Gasteiger partial charge in [0, 0.05) is 12.6 Å². The number of amides is 1. The van der Waals surface area contributed by atoms with Gasteiger partial charge in [0.25, 0.3) is 0 Å². The van der Waals surface area contributed by atoms with Gasteiger partial charge in [-0.05, 0) is 24.6 Å². The maximum atomic E-state index is 11.5. The normalized spacial score (nSPS) is 12.2. The van der Waals surface area contributed by atoms with Gasteiger partial charge >= 0.3 is 0 Å². The third-order valence-corrected chi connectivity index (χ3v) is 2.71. The van der Waals surface area contributed by atoms with Crippen LogP contribution < -0.4 is 11.1 Å². The van der Waals surface area contributed by atoms with Crippen LogP contribution in [0.4, 0.5) is 0 Å². The Balaban J connectivity index is 2.53. The molecule has 0 aliphatic heterocycles. The maximum Gasteiger partial charge on any atom is 0.224 e. The summed E-state index contributed by atoms with van der Waals surface area (Å²) in [5.41, 5.74) is 6.35. The van der Waals surface area contributed by atoms with Gasteiger partial charge in [-0.25, -0.2) is 0 Å². The van der Waals surface area contributed by atoms with E-state index in [-0.39, 0.29) is 18.4 Å². The highest BCUT2D eigenvalue weighted by molar-refractivity contribution is 6.42. The van der Waals surface area contributed by atoms with Gasteiger partial charge < -0.3 is 11.1 Å². The van der Waals surface area contributed by atoms with Gasteiger partial charge in [0.15, 0.2) is 0 Å². The molecule has 1 aromatic rings. The third kappa shape index (κ3) is 4.39. The average molecular weight is 261 g/mol. The van der Waals surface area contributed by atoms with Gasteiger partial charge in [-0.3, -0.25) is 4.79 Å². The van der Waals surface area contributed by atoms with E-state index in [1.807, 2.05) is 6.92 Å². The second-order valence-electron chi connectivity index (χ2n) is 3.71. The third-order valence-electron chi connectivity index (χ3n) is 1.97. The number of hydrogen-bond acceptors (Lipinski definition) is 2. The van der Waals surface area contributed by atoms with Crippen LogP contribution >= 0.6 is 23.2 Å². The van der Waals surface area contributed by atoms with E-state index in [2.05, 4.69) is 5.32 Å². The molecule has 0 saturated carbocycles. The molecule has 0 spiro atoms. The van der Waals surface area contributed by atoms with Gasteiger partial charge in [0.2, 0.25) is 5.91 Å². The molecule has 0 saturated heterocycles. The van der Waals surface area contributed by atoms with Crippen LogP contribution in [0.2, 0.25) is 10.0 Å². The molecule has 0 fully saturated rings. The van der Waals surface area contributed by atoms with Gasteiger partial charge in [-0.2, -0.15) is 0 Å². The monoisotopic (exact) mass is 260 g/mol. The fraction of sp³-hybridized carbons (Fsp3) is 0.364. The van der Waals surface area contributed by atoms with Crippen LogP contribution in [0.3, 0.4) is 0 Å². The van der Waals surface area contributed by atoms with Crippen LogP contribution in [-0.2, 0) is 11.2 Å². The number of carbonyl (C=O) groups is 1. The van der Waals surface area contributed by atoms with Crippen molar-refractivity contribution in [2.24, 2.45) is 5.73 Å². The SMILES string of the molecule is CC(N)CNC(=O)Cc1ccc(Cl)c(Cl)c1. The molecule has 3 N–H and O–H groups in total. The lowest BCUT2D eigenvalue weighted by molar-refractivity contribution is -0.120. The molecule has 1 atom stereocenters. The number of carbonyl (C=O) groups excluding carboxylic acids is 1. The Morgan fingerprint density at radius 2 is 2.12 bits per heavy atom. The zero-order valence-corrected chi connectivity index (χ0v) is 10.5. The van der Waals surface area contributed by atoms with Crippen molar-refractivity contribution in [3.05, 3.63) is 33.8 Å².